The third kappa shape index (κ3) is 2.04. The minimum absolute atomic E-state index is 0.155. The second kappa shape index (κ2) is 3.70. The van der Waals surface area contributed by atoms with Crippen LogP contribution in [-0.2, 0) is 6.42 Å². The van der Waals surface area contributed by atoms with Crippen LogP contribution in [0.15, 0.2) is 16.5 Å². The second-order valence-electron chi connectivity index (χ2n) is 4.06. The Kier molecular flexibility index (Phi) is 2.52. The van der Waals surface area contributed by atoms with Gasteiger partial charge >= 0.3 is 0 Å². The van der Waals surface area contributed by atoms with Crippen LogP contribution in [0.2, 0.25) is 0 Å². The van der Waals surface area contributed by atoms with Crippen molar-refractivity contribution in [3.8, 4) is 0 Å². The van der Waals surface area contributed by atoms with Gasteiger partial charge in [-0.25, -0.2) is 0 Å². The Morgan fingerprint density at radius 2 is 2.33 bits per heavy atom. The van der Waals surface area contributed by atoms with E-state index in [9.17, 15) is 4.79 Å². The maximum absolute atomic E-state index is 11.7. The summed E-state index contributed by atoms with van der Waals surface area (Å²) in [7, 11) is 0. The topological polar surface area (TPSA) is 68.3 Å². The number of nitrogens with two attached hydrogens (primary N) is 1. The van der Waals surface area contributed by atoms with Gasteiger partial charge in [-0.15, -0.1) is 0 Å². The lowest BCUT2D eigenvalue weighted by Crippen LogP contribution is -2.42. The summed E-state index contributed by atoms with van der Waals surface area (Å²) in [4.78, 5) is 11.7. The lowest BCUT2D eigenvalue weighted by Gasteiger charge is -2.13. The van der Waals surface area contributed by atoms with E-state index < -0.39 is 0 Å². The van der Waals surface area contributed by atoms with E-state index in [2.05, 4.69) is 5.32 Å². The van der Waals surface area contributed by atoms with Crippen LogP contribution in [0.25, 0.3) is 0 Å². The first kappa shape index (κ1) is 10.2. The normalized spacial score (nSPS) is 17.5. The maximum Gasteiger partial charge on any atom is 0.287 e. The monoisotopic (exact) mass is 208 g/mol. The summed E-state index contributed by atoms with van der Waals surface area (Å²) >= 11 is 0. The molecule has 1 amide bonds. The second-order valence-corrected chi connectivity index (χ2v) is 4.06. The molecule has 1 saturated carbocycles. The number of nitrogens with one attached hydrogen (secondary N) is 1. The lowest BCUT2D eigenvalue weighted by atomic mass is 10.2. The molecule has 4 nitrogen and oxygen atoms in total. The number of hydrogen-bond donors (Lipinski definition) is 2. The summed E-state index contributed by atoms with van der Waals surface area (Å²) in [5, 5.41) is 2.91. The molecule has 1 fully saturated rings. The highest BCUT2D eigenvalue weighted by Crippen LogP contribution is 2.34. The molecule has 2 rings (SSSR count). The van der Waals surface area contributed by atoms with E-state index in [1.807, 2.05) is 13.0 Å². The first-order chi connectivity index (χ1) is 7.19. The minimum atomic E-state index is -0.156. The van der Waals surface area contributed by atoms with Gasteiger partial charge in [0.15, 0.2) is 5.76 Å². The smallest absolute Gasteiger partial charge is 0.287 e. The van der Waals surface area contributed by atoms with Crippen molar-refractivity contribution in [3.05, 3.63) is 23.7 Å². The molecule has 1 heterocycles. The fraction of sp³-hybridized carbons (Fsp3) is 0.545. The highest BCUT2D eigenvalue weighted by molar-refractivity contribution is 5.92. The van der Waals surface area contributed by atoms with Crippen molar-refractivity contribution in [1.29, 1.82) is 0 Å². The van der Waals surface area contributed by atoms with Crippen LogP contribution < -0.4 is 11.1 Å². The van der Waals surface area contributed by atoms with Crippen LogP contribution in [-0.4, -0.2) is 18.0 Å². The van der Waals surface area contributed by atoms with E-state index in [0.717, 1.165) is 25.0 Å². The third-order valence-corrected chi connectivity index (χ3v) is 2.86. The zero-order valence-corrected chi connectivity index (χ0v) is 8.88. The van der Waals surface area contributed by atoms with Gasteiger partial charge in [0, 0.05) is 13.0 Å². The minimum Gasteiger partial charge on any atom is -0.456 e. The lowest BCUT2D eigenvalue weighted by molar-refractivity contribution is 0.0903. The molecule has 0 aliphatic heterocycles. The van der Waals surface area contributed by atoms with Crippen molar-refractivity contribution >= 4 is 5.91 Å². The Balaban J connectivity index is 2.01. The van der Waals surface area contributed by atoms with Gasteiger partial charge in [-0.3, -0.25) is 4.79 Å². The molecule has 1 aromatic rings. The van der Waals surface area contributed by atoms with E-state index in [1.54, 1.807) is 6.07 Å². The molecule has 82 valence electrons. The Labute approximate surface area is 88.8 Å². The highest BCUT2D eigenvalue weighted by atomic mass is 16.3. The standard InChI is InChI=1S/C11H16N2O2/c1-2-8-3-4-9(15-8)10(14)13-11(7-12)5-6-11/h3-4H,2,5-7,12H2,1H3,(H,13,14). The number of furan rings is 1. The van der Waals surface area contributed by atoms with Crippen molar-refractivity contribution in [2.24, 2.45) is 5.73 Å². The first-order valence-corrected chi connectivity index (χ1v) is 5.30. The molecule has 0 atom stereocenters. The summed E-state index contributed by atoms with van der Waals surface area (Å²) in [5.41, 5.74) is 5.42. The van der Waals surface area contributed by atoms with Crippen LogP contribution in [0.1, 0.15) is 36.1 Å². The van der Waals surface area contributed by atoms with E-state index in [-0.39, 0.29) is 11.4 Å². The van der Waals surface area contributed by atoms with Crippen LogP contribution >= 0.6 is 0 Å². The Bertz CT molecular complexity index is 366. The molecule has 1 aromatic heterocycles. The number of rotatable bonds is 4. The van der Waals surface area contributed by atoms with E-state index in [1.165, 1.54) is 0 Å². The zero-order valence-electron chi connectivity index (χ0n) is 8.88. The molecule has 1 aliphatic carbocycles. The van der Waals surface area contributed by atoms with Crippen molar-refractivity contribution in [2.45, 2.75) is 31.7 Å². The summed E-state index contributed by atoms with van der Waals surface area (Å²) in [6.45, 7) is 2.49. The van der Waals surface area contributed by atoms with Crippen LogP contribution in [0.5, 0.6) is 0 Å². The van der Waals surface area contributed by atoms with Gasteiger partial charge < -0.3 is 15.5 Å². The molecule has 0 bridgehead atoms. The van der Waals surface area contributed by atoms with Crippen molar-refractivity contribution in [2.75, 3.05) is 6.54 Å². The van der Waals surface area contributed by atoms with Crippen LogP contribution in [0, 0.1) is 0 Å². The zero-order chi connectivity index (χ0) is 10.9. The Hall–Kier alpha value is -1.29. The quantitative estimate of drug-likeness (QED) is 0.777. The van der Waals surface area contributed by atoms with Crippen LogP contribution in [0.3, 0.4) is 0 Å². The van der Waals surface area contributed by atoms with Gasteiger partial charge in [0.2, 0.25) is 0 Å². The molecule has 0 radical (unpaired) electrons. The summed E-state index contributed by atoms with van der Waals surface area (Å²) < 4.78 is 5.36. The molecule has 3 N–H and O–H groups in total. The van der Waals surface area contributed by atoms with Gasteiger partial charge in [0.1, 0.15) is 5.76 Å². The molecule has 15 heavy (non-hydrogen) atoms. The number of aryl methyl sites for hydroxylation is 1. The van der Waals surface area contributed by atoms with Crippen molar-refractivity contribution < 1.29 is 9.21 Å². The molecular weight excluding hydrogens is 192 g/mol. The fourth-order valence-electron chi connectivity index (χ4n) is 1.52. The predicted octanol–water partition coefficient (Wildman–Crippen LogP) is 1.06. The SMILES string of the molecule is CCc1ccc(C(=O)NC2(CN)CC2)o1. The molecule has 1 aliphatic rings. The number of carbonyl (C=O) groups is 1. The average molecular weight is 208 g/mol. The summed E-state index contributed by atoms with van der Waals surface area (Å²) in [6, 6.07) is 3.54. The molecule has 0 saturated heterocycles. The van der Waals surface area contributed by atoms with E-state index in [0.29, 0.717) is 12.3 Å². The van der Waals surface area contributed by atoms with E-state index in [4.69, 9.17) is 10.2 Å². The van der Waals surface area contributed by atoms with E-state index >= 15 is 0 Å². The molecule has 4 heteroatoms. The third-order valence-electron chi connectivity index (χ3n) is 2.86. The maximum atomic E-state index is 11.7. The van der Waals surface area contributed by atoms with Gasteiger partial charge in [-0.05, 0) is 25.0 Å². The summed E-state index contributed by atoms with van der Waals surface area (Å²) in [5.74, 6) is 1.06. The Morgan fingerprint density at radius 1 is 1.60 bits per heavy atom. The molecule has 0 spiro atoms. The fourth-order valence-corrected chi connectivity index (χ4v) is 1.52. The van der Waals surface area contributed by atoms with Crippen molar-refractivity contribution in [1.82, 2.24) is 5.32 Å². The van der Waals surface area contributed by atoms with Gasteiger partial charge in [-0.2, -0.15) is 0 Å². The molecular formula is C11H16N2O2. The number of carbonyl (C=O) groups excluding carboxylic acids is 1. The first-order valence-electron chi connectivity index (χ1n) is 5.30. The van der Waals surface area contributed by atoms with Crippen molar-refractivity contribution in [3.63, 3.8) is 0 Å². The molecule has 0 aromatic carbocycles. The van der Waals surface area contributed by atoms with Gasteiger partial charge in [0.05, 0.1) is 5.54 Å². The highest BCUT2D eigenvalue weighted by Gasteiger charge is 2.43. The number of amides is 1. The van der Waals surface area contributed by atoms with Gasteiger partial charge in [-0.1, -0.05) is 6.92 Å². The molecule has 0 unspecified atom stereocenters. The van der Waals surface area contributed by atoms with Gasteiger partial charge in [0.25, 0.3) is 5.91 Å². The Morgan fingerprint density at radius 3 is 2.80 bits per heavy atom. The largest absolute Gasteiger partial charge is 0.456 e. The van der Waals surface area contributed by atoms with Crippen LogP contribution in [0.4, 0.5) is 0 Å². The predicted molar refractivity (Wildman–Crippen MR) is 56.6 cm³/mol. The summed E-state index contributed by atoms with van der Waals surface area (Å²) in [6.07, 6.45) is 2.74. The number of hydrogen-bond acceptors (Lipinski definition) is 3. The average Bonchev–Trinajstić information content (AvgIpc) is 2.85.